The fourth-order valence-corrected chi connectivity index (χ4v) is 6.24. The van der Waals surface area contributed by atoms with E-state index in [1.165, 1.54) is 19.2 Å². The smallest absolute Gasteiger partial charge is 0.298 e. The zero-order chi connectivity index (χ0) is 27.8. The summed E-state index contributed by atoms with van der Waals surface area (Å²) < 4.78 is 93.4. The van der Waals surface area contributed by atoms with E-state index in [9.17, 15) is 35.2 Å². The number of aromatic nitrogens is 3. The van der Waals surface area contributed by atoms with Crippen LogP contribution in [0.4, 0.5) is 22.0 Å². The van der Waals surface area contributed by atoms with Crippen molar-refractivity contribution in [2.75, 3.05) is 0 Å². The Labute approximate surface area is 219 Å². The molecule has 14 heteroatoms. The summed E-state index contributed by atoms with van der Waals surface area (Å²) in [6.45, 7) is 1.36. The maximum absolute atomic E-state index is 14.6. The zero-order valence-corrected chi connectivity index (χ0v) is 21.2. The molecule has 0 saturated carbocycles. The maximum atomic E-state index is 14.6. The van der Waals surface area contributed by atoms with Crippen LogP contribution in [0.5, 0.6) is 0 Å². The molecule has 0 amide bonds. The number of sulfonamides is 1. The molecule has 0 radical (unpaired) electrons. The molecule has 0 N–H and O–H groups in total. The van der Waals surface area contributed by atoms with E-state index in [1.807, 2.05) is 0 Å². The van der Waals surface area contributed by atoms with Crippen LogP contribution in [0.1, 0.15) is 31.2 Å². The molecule has 1 aromatic carbocycles. The second kappa shape index (κ2) is 10.6. The molecule has 3 aromatic rings. The van der Waals surface area contributed by atoms with Crippen molar-refractivity contribution in [3.8, 4) is 11.3 Å². The first kappa shape index (κ1) is 28.0. The molecule has 4 rings (SSSR count). The number of carbonyl (C=O) groups excluding carboxylic acids is 1. The fourth-order valence-electron chi connectivity index (χ4n) is 4.21. The Kier molecular flexibility index (Phi) is 7.82. The van der Waals surface area contributed by atoms with Gasteiger partial charge in [-0.2, -0.15) is 17.5 Å². The molecule has 38 heavy (non-hydrogen) atoms. The monoisotopic (exact) mass is 574 g/mol. The molecule has 1 fully saturated rings. The number of halogens is 6. The van der Waals surface area contributed by atoms with E-state index < -0.39 is 51.9 Å². The number of rotatable bonds is 7. The first-order chi connectivity index (χ1) is 17.8. The first-order valence-electron chi connectivity index (χ1n) is 11.3. The normalized spacial score (nSPS) is 20.6. The lowest BCUT2D eigenvalue weighted by Gasteiger charge is -2.26. The molecular weight excluding hydrogens is 555 g/mol. The van der Waals surface area contributed by atoms with Crippen LogP contribution >= 0.6 is 11.6 Å². The average Bonchev–Trinajstić information content (AvgIpc) is 3.18. The van der Waals surface area contributed by atoms with Crippen LogP contribution in [0.2, 0.25) is 5.02 Å². The highest BCUT2D eigenvalue weighted by molar-refractivity contribution is 7.89. The van der Waals surface area contributed by atoms with Gasteiger partial charge in [0, 0.05) is 37.0 Å². The van der Waals surface area contributed by atoms with Crippen LogP contribution < -0.4 is 0 Å². The summed E-state index contributed by atoms with van der Waals surface area (Å²) in [6, 6.07) is 3.09. The number of nitrogens with zero attached hydrogens (tertiary/aromatic N) is 4. The van der Waals surface area contributed by atoms with E-state index in [4.69, 9.17) is 11.6 Å². The molecule has 3 heterocycles. The van der Waals surface area contributed by atoms with E-state index >= 15 is 0 Å². The standard InChI is InChI=1S/C24H20ClF5N4O3S/c1-13-19(27)9-21(34(13)38(36,37)17-5-3-16(26)4-6-17)22(35)7-2-14-8-20(31-12-18(14)25)15-10-32-23(33-11-15)24(28,29)30/h3-6,8,10-13,19,21H,2,7,9H2,1H3/t13-,19+,21-/m0/s1. The number of ketones is 1. The Morgan fingerprint density at radius 2 is 1.74 bits per heavy atom. The molecule has 1 saturated heterocycles. The van der Waals surface area contributed by atoms with Crippen molar-refractivity contribution in [3.05, 3.63) is 71.2 Å². The Morgan fingerprint density at radius 3 is 2.34 bits per heavy atom. The summed E-state index contributed by atoms with van der Waals surface area (Å²) in [5.74, 6) is -2.50. The van der Waals surface area contributed by atoms with Crippen LogP contribution in [0.3, 0.4) is 0 Å². The highest BCUT2D eigenvalue weighted by Gasteiger charge is 2.48. The third-order valence-electron chi connectivity index (χ3n) is 6.22. The predicted molar refractivity (Wildman–Crippen MR) is 127 cm³/mol. The molecule has 0 aliphatic carbocycles. The van der Waals surface area contributed by atoms with Crippen molar-refractivity contribution < 1.29 is 35.2 Å². The van der Waals surface area contributed by atoms with E-state index in [0.717, 1.165) is 41.0 Å². The minimum Gasteiger partial charge on any atom is -0.298 e. The highest BCUT2D eigenvalue weighted by atomic mass is 35.5. The molecule has 1 aliphatic heterocycles. The lowest BCUT2D eigenvalue weighted by atomic mass is 10.0. The van der Waals surface area contributed by atoms with Gasteiger partial charge in [-0.3, -0.25) is 9.78 Å². The predicted octanol–water partition coefficient (Wildman–Crippen LogP) is 5.04. The van der Waals surface area contributed by atoms with Gasteiger partial charge in [-0.05, 0) is 49.2 Å². The van der Waals surface area contributed by atoms with Gasteiger partial charge in [0.05, 0.1) is 27.7 Å². The molecule has 3 atom stereocenters. The molecule has 0 bridgehead atoms. The second-order valence-corrected chi connectivity index (χ2v) is 11.0. The molecule has 1 aliphatic rings. The number of hydrogen-bond donors (Lipinski definition) is 0. The summed E-state index contributed by atoms with van der Waals surface area (Å²) in [4.78, 5) is 23.5. The number of benzene rings is 1. The fraction of sp³-hybridized carbons (Fsp3) is 0.333. The van der Waals surface area contributed by atoms with E-state index in [-0.39, 0.29) is 40.4 Å². The molecule has 0 unspecified atom stereocenters. The lowest BCUT2D eigenvalue weighted by molar-refractivity contribution is -0.145. The van der Waals surface area contributed by atoms with Gasteiger partial charge in [0.15, 0.2) is 5.78 Å². The summed E-state index contributed by atoms with van der Waals surface area (Å²) in [6.07, 6.45) is -3.62. The van der Waals surface area contributed by atoms with Crippen molar-refractivity contribution in [2.24, 2.45) is 0 Å². The van der Waals surface area contributed by atoms with Crippen molar-refractivity contribution in [1.82, 2.24) is 19.3 Å². The minimum absolute atomic E-state index is 0.0287. The lowest BCUT2D eigenvalue weighted by Crippen LogP contribution is -2.44. The third kappa shape index (κ3) is 5.69. The minimum atomic E-state index is -4.70. The molecular formula is C24H20ClF5N4O3S. The van der Waals surface area contributed by atoms with Gasteiger partial charge >= 0.3 is 6.18 Å². The van der Waals surface area contributed by atoms with Crippen molar-refractivity contribution >= 4 is 27.4 Å². The van der Waals surface area contributed by atoms with Crippen LogP contribution in [-0.2, 0) is 27.4 Å². The number of carbonyl (C=O) groups is 1. The van der Waals surface area contributed by atoms with Crippen LogP contribution in [0.25, 0.3) is 11.3 Å². The molecule has 0 spiro atoms. The van der Waals surface area contributed by atoms with Crippen molar-refractivity contribution in [1.29, 1.82) is 0 Å². The summed E-state index contributed by atoms with van der Waals surface area (Å²) in [7, 11) is -4.30. The van der Waals surface area contributed by atoms with Crippen molar-refractivity contribution in [3.63, 3.8) is 0 Å². The Morgan fingerprint density at radius 1 is 1.11 bits per heavy atom. The Bertz CT molecular complexity index is 1440. The van der Waals surface area contributed by atoms with Crippen LogP contribution in [0.15, 0.2) is 53.8 Å². The van der Waals surface area contributed by atoms with Crippen molar-refractivity contribution in [2.45, 2.75) is 55.5 Å². The van der Waals surface area contributed by atoms with Gasteiger partial charge in [-0.15, -0.1) is 0 Å². The molecule has 202 valence electrons. The van der Waals surface area contributed by atoms with Gasteiger partial charge in [0.25, 0.3) is 0 Å². The highest BCUT2D eigenvalue weighted by Crippen LogP contribution is 2.35. The quantitative estimate of drug-likeness (QED) is 0.367. The molecule has 7 nitrogen and oxygen atoms in total. The molecule has 2 aromatic heterocycles. The number of alkyl halides is 4. The number of Topliss-reactive ketones (excluding diaryl/α,β-unsaturated/α-hetero) is 1. The maximum Gasteiger partial charge on any atom is 0.451 e. The SMILES string of the molecule is C[C@H]1[C@H](F)C[C@@H](C(=O)CCc2cc(-c3cnc(C(F)(F)F)nc3)ncc2Cl)N1S(=O)(=O)c1ccc(F)cc1. The third-order valence-corrected chi connectivity index (χ3v) is 8.57. The van der Waals surface area contributed by atoms with E-state index in [1.54, 1.807) is 0 Å². The van der Waals surface area contributed by atoms with Gasteiger partial charge in [0.1, 0.15) is 12.0 Å². The summed E-state index contributed by atoms with van der Waals surface area (Å²) in [5, 5.41) is 0.174. The largest absolute Gasteiger partial charge is 0.451 e. The average molecular weight is 575 g/mol. The van der Waals surface area contributed by atoms with E-state index in [2.05, 4.69) is 15.0 Å². The summed E-state index contributed by atoms with van der Waals surface area (Å²) in [5.41, 5.74) is 0.814. The topological polar surface area (TPSA) is 93.1 Å². The number of hydrogen-bond acceptors (Lipinski definition) is 6. The zero-order valence-electron chi connectivity index (χ0n) is 19.7. The Balaban J connectivity index is 1.53. The van der Waals surface area contributed by atoms with E-state index in [0.29, 0.717) is 5.56 Å². The first-order valence-corrected chi connectivity index (χ1v) is 13.1. The number of pyridine rings is 1. The number of aryl methyl sites for hydroxylation is 1. The second-order valence-electron chi connectivity index (χ2n) is 8.72. The van der Waals surface area contributed by atoms with Gasteiger partial charge in [-0.25, -0.2) is 27.2 Å². The summed E-state index contributed by atoms with van der Waals surface area (Å²) >= 11 is 6.20. The van der Waals surface area contributed by atoms with Gasteiger partial charge in [-0.1, -0.05) is 11.6 Å². The Hall–Kier alpha value is -3.03. The van der Waals surface area contributed by atoms with Gasteiger partial charge < -0.3 is 0 Å². The van der Waals surface area contributed by atoms with Crippen LogP contribution in [0, 0.1) is 5.82 Å². The van der Waals surface area contributed by atoms with Crippen LogP contribution in [-0.4, -0.2) is 51.7 Å². The van der Waals surface area contributed by atoms with Gasteiger partial charge in [0.2, 0.25) is 15.8 Å².